The molecule has 1 N–H and O–H groups in total. The van der Waals surface area contributed by atoms with E-state index >= 15 is 0 Å². The van der Waals surface area contributed by atoms with Crippen LogP contribution in [0.25, 0.3) is 10.6 Å². The molecule has 0 bridgehead atoms. The van der Waals surface area contributed by atoms with Crippen LogP contribution in [0.2, 0.25) is 5.02 Å². The Bertz CT molecular complexity index is 584. The second-order valence-electron chi connectivity index (χ2n) is 5.83. The lowest BCUT2D eigenvalue weighted by Crippen LogP contribution is -2.35. The van der Waals surface area contributed by atoms with E-state index in [0.717, 1.165) is 28.6 Å². The molecule has 108 valence electrons. The van der Waals surface area contributed by atoms with Crippen molar-refractivity contribution in [2.24, 2.45) is 0 Å². The Kier molecular flexibility index (Phi) is 4.84. The maximum Gasteiger partial charge on any atom is 0.125 e. The van der Waals surface area contributed by atoms with Gasteiger partial charge in [0, 0.05) is 22.5 Å². The highest BCUT2D eigenvalue weighted by molar-refractivity contribution is 7.15. The topological polar surface area (TPSA) is 24.9 Å². The van der Waals surface area contributed by atoms with Crippen LogP contribution in [0, 0.1) is 0 Å². The maximum absolute atomic E-state index is 6.26. The fraction of sp³-hybridized carbons (Fsp3) is 0.438. The summed E-state index contributed by atoms with van der Waals surface area (Å²) < 4.78 is 0. The van der Waals surface area contributed by atoms with Crippen molar-refractivity contribution >= 4 is 22.9 Å². The summed E-state index contributed by atoms with van der Waals surface area (Å²) in [7, 11) is 0. The Morgan fingerprint density at radius 3 is 2.55 bits per heavy atom. The molecule has 1 aromatic heterocycles. The molecule has 20 heavy (non-hydrogen) atoms. The van der Waals surface area contributed by atoms with Crippen molar-refractivity contribution in [2.45, 2.75) is 46.2 Å². The molecule has 4 heteroatoms. The minimum Gasteiger partial charge on any atom is -0.307 e. The van der Waals surface area contributed by atoms with Gasteiger partial charge in [0.1, 0.15) is 5.01 Å². The van der Waals surface area contributed by atoms with E-state index in [1.54, 1.807) is 11.3 Å². The number of benzene rings is 1. The molecule has 1 heterocycles. The van der Waals surface area contributed by atoms with Crippen molar-refractivity contribution in [2.75, 3.05) is 0 Å². The van der Waals surface area contributed by atoms with Gasteiger partial charge >= 0.3 is 0 Å². The van der Waals surface area contributed by atoms with E-state index in [1.807, 2.05) is 24.3 Å². The minimum absolute atomic E-state index is 0.111. The van der Waals surface area contributed by atoms with Gasteiger partial charge in [0.2, 0.25) is 0 Å². The first-order valence-corrected chi connectivity index (χ1v) is 8.08. The fourth-order valence-electron chi connectivity index (χ4n) is 1.89. The number of thiazole rings is 1. The highest BCUT2D eigenvalue weighted by Crippen LogP contribution is 2.33. The van der Waals surface area contributed by atoms with Gasteiger partial charge in [0.25, 0.3) is 0 Å². The molecule has 0 spiro atoms. The first-order chi connectivity index (χ1) is 9.40. The van der Waals surface area contributed by atoms with E-state index in [4.69, 9.17) is 16.6 Å². The van der Waals surface area contributed by atoms with Crippen LogP contribution in [0.15, 0.2) is 24.3 Å². The monoisotopic (exact) mass is 308 g/mol. The first-order valence-electron chi connectivity index (χ1n) is 6.89. The number of nitrogens with one attached hydrogen (secondary N) is 1. The predicted octanol–water partition coefficient (Wildman–Crippen LogP) is 4.91. The van der Waals surface area contributed by atoms with E-state index in [1.165, 1.54) is 10.6 Å². The molecule has 0 aliphatic rings. The SMILES string of the molecule is CCc1nc(-c2ccccc2Cl)sc1CNC(C)(C)C. The van der Waals surface area contributed by atoms with Crippen molar-refractivity contribution in [1.82, 2.24) is 10.3 Å². The van der Waals surface area contributed by atoms with Crippen LogP contribution in [0.4, 0.5) is 0 Å². The molecule has 0 aliphatic carbocycles. The van der Waals surface area contributed by atoms with Crippen molar-refractivity contribution in [3.63, 3.8) is 0 Å². The summed E-state index contributed by atoms with van der Waals surface area (Å²) in [4.78, 5) is 6.06. The van der Waals surface area contributed by atoms with E-state index in [9.17, 15) is 0 Å². The molecule has 2 aromatic rings. The lowest BCUT2D eigenvalue weighted by Gasteiger charge is -2.20. The van der Waals surface area contributed by atoms with Gasteiger partial charge in [-0.15, -0.1) is 11.3 Å². The van der Waals surface area contributed by atoms with Crippen LogP contribution in [-0.4, -0.2) is 10.5 Å². The smallest absolute Gasteiger partial charge is 0.125 e. The van der Waals surface area contributed by atoms with Crippen LogP contribution >= 0.6 is 22.9 Å². The molecule has 0 radical (unpaired) electrons. The molecule has 0 amide bonds. The van der Waals surface area contributed by atoms with Crippen molar-refractivity contribution < 1.29 is 0 Å². The molecule has 0 atom stereocenters. The highest BCUT2D eigenvalue weighted by Gasteiger charge is 2.15. The largest absolute Gasteiger partial charge is 0.307 e. The number of aromatic nitrogens is 1. The Balaban J connectivity index is 2.29. The Morgan fingerprint density at radius 1 is 1.25 bits per heavy atom. The Labute approximate surface area is 130 Å². The third kappa shape index (κ3) is 3.81. The molecular weight excluding hydrogens is 288 g/mol. The summed E-state index contributed by atoms with van der Waals surface area (Å²) in [6, 6.07) is 7.89. The zero-order chi connectivity index (χ0) is 14.8. The number of halogens is 1. The zero-order valence-electron chi connectivity index (χ0n) is 12.5. The highest BCUT2D eigenvalue weighted by atomic mass is 35.5. The standard InChI is InChI=1S/C16H21ClN2S/c1-5-13-14(10-18-16(2,3)4)20-15(19-13)11-8-6-7-9-12(11)17/h6-9,18H,5,10H2,1-4H3. The average molecular weight is 309 g/mol. The third-order valence-electron chi connectivity index (χ3n) is 3.00. The number of rotatable bonds is 4. The Hall–Kier alpha value is -0.900. The summed E-state index contributed by atoms with van der Waals surface area (Å²) >= 11 is 8.00. The molecule has 2 rings (SSSR count). The van der Waals surface area contributed by atoms with Crippen LogP contribution in [0.3, 0.4) is 0 Å². The summed E-state index contributed by atoms with van der Waals surface area (Å²) in [5.74, 6) is 0. The van der Waals surface area contributed by atoms with Crippen LogP contribution in [0.1, 0.15) is 38.3 Å². The summed E-state index contributed by atoms with van der Waals surface area (Å²) in [5.41, 5.74) is 2.30. The number of nitrogens with zero attached hydrogens (tertiary/aromatic N) is 1. The van der Waals surface area contributed by atoms with E-state index in [2.05, 4.69) is 33.0 Å². The zero-order valence-corrected chi connectivity index (χ0v) is 14.0. The first kappa shape index (κ1) is 15.5. The molecule has 0 saturated heterocycles. The van der Waals surface area contributed by atoms with Crippen molar-refractivity contribution in [1.29, 1.82) is 0 Å². The maximum atomic E-state index is 6.26. The molecule has 0 aliphatic heterocycles. The molecule has 0 saturated carbocycles. The third-order valence-corrected chi connectivity index (χ3v) is 4.46. The van der Waals surface area contributed by atoms with Gasteiger partial charge in [-0.2, -0.15) is 0 Å². The summed E-state index contributed by atoms with van der Waals surface area (Å²) in [6.45, 7) is 9.53. The minimum atomic E-state index is 0.111. The molecule has 2 nitrogen and oxygen atoms in total. The summed E-state index contributed by atoms with van der Waals surface area (Å²) in [6.07, 6.45) is 0.947. The van der Waals surface area contributed by atoms with Gasteiger partial charge in [-0.25, -0.2) is 4.98 Å². The van der Waals surface area contributed by atoms with Gasteiger partial charge in [0.15, 0.2) is 0 Å². The van der Waals surface area contributed by atoms with E-state index in [0.29, 0.717) is 0 Å². The number of hydrogen-bond donors (Lipinski definition) is 1. The normalized spacial score (nSPS) is 11.8. The average Bonchev–Trinajstić information content (AvgIpc) is 2.79. The van der Waals surface area contributed by atoms with Gasteiger partial charge in [0.05, 0.1) is 10.7 Å². The fourth-order valence-corrected chi connectivity index (χ4v) is 3.30. The van der Waals surface area contributed by atoms with Crippen molar-refractivity contribution in [3.05, 3.63) is 39.9 Å². The quantitative estimate of drug-likeness (QED) is 0.867. The molecular formula is C16H21ClN2S. The summed E-state index contributed by atoms with van der Waals surface area (Å²) in [5, 5.41) is 5.31. The number of aryl methyl sites for hydroxylation is 1. The molecule has 1 aromatic carbocycles. The van der Waals surface area contributed by atoms with Crippen LogP contribution in [-0.2, 0) is 13.0 Å². The van der Waals surface area contributed by atoms with Crippen LogP contribution in [0.5, 0.6) is 0 Å². The lowest BCUT2D eigenvalue weighted by atomic mass is 10.1. The van der Waals surface area contributed by atoms with E-state index < -0.39 is 0 Å². The second kappa shape index (κ2) is 6.25. The van der Waals surface area contributed by atoms with Gasteiger partial charge in [-0.3, -0.25) is 0 Å². The predicted molar refractivity (Wildman–Crippen MR) is 88.5 cm³/mol. The molecule has 0 unspecified atom stereocenters. The van der Waals surface area contributed by atoms with Gasteiger partial charge in [-0.1, -0.05) is 36.7 Å². The van der Waals surface area contributed by atoms with Crippen LogP contribution < -0.4 is 5.32 Å². The second-order valence-corrected chi connectivity index (χ2v) is 7.32. The van der Waals surface area contributed by atoms with Gasteiger partial charge in [-0.05, 0) is 33.3 Å². The molecule has 0 fully saturated rings. The lowest BCUT2D eigenvalue weighted by molar-refractivity contribution is 0.425. The van der Waals surface area contributed by atoms with E-state index in [-0.39, 0.29) is 5.54 Å². The van der Waals surface area contributed by atoms with Crippen molar-refractivity contribution in [3.8, 4) is 10.6 Å². The van der Waals surface area contributed by atoms with Gasteiger partial charge < -0.3 is 5.32 Å². The number of hydrogen-bond acceptors (Lipinski definition) is 3. The Morgan fingerprint density at radius 2 is 1.95 bits per heavy atom.